The van der Waals surface area contributed by atoms with E-state index in [1.165, 1.54) is 46.2 Å². The van der Waals surface area contributed by atoms with Crippen LogP contribution in [0.15, 0.2) is 71.2 Å². The summed E-state index contributed by atoms with van der Waals surface area (Å²) in [4.78, 5) is 123. The van der Waals surface area contributed by atoms with E-state index in [0.29, 0.717) is 48.7 Å². The van der Waals surface area contributed by atoms with E-state index in [4.69, 9.17) is 41.0 Å². The molecule has 90 heavy (non-hydrogen) atoms. The molecule has 2 saturated heterocycles. The number of carbonyl (C=O) groups excluding carboxylic acids is 9. The van der Waals surface area contributed by atoms with Gasteiger partial charge in [-0.1, -0.05) is 85.1 Å². The van der Waals surface area contributed by atoms with E-state index in [9.17, 15) is 56.7 Å². The number of methoxy groups -OCH3 is 2. The van der Waals surface area contributed by atoms with E-state index >= 15 is 0 Å². The highest BCUT2D eigenvalue weighted by molar-refractivity contribution is 9.09. The molecule has 0 spiro atoms. The highest BCUT2D eigenvalue weighted by Gasteiger charge is 2.64. The van der Waals surface area contributed by atoms with Crippen molar-refractivity contribution in [2.75, 3.05) is 63.2 Å². The highest BCUT2D eigenvalue weighted by atomic mass is 79.9. The van der Waals surface area contributed by atoms with E-state index in [0.717, 1.165) is 28.9 Å². The number of primary amides is 1. The fraction of sp³-hybridized carbons (Fsp3) is 0.557. The number of hydrogen-bond acceptors (Lipinski definition) is 17. The molecule has 0 saturated carbocycles. The van der Waals surface area contributed by atoms with Gasteiger partial charge in [-0.3, -0.25) is 34.1 Å². The predicted molar refractivity (Wildman–Crippen MR) is 338 cm³/mol. The van der Waals surface area contributed by atoms with Crippen LogP contribution in [0.4, 0.5) is 21.0 Å². The van der Waals surface area contributed by atoms with Gasteiger partial charge in [0.1, 0.15) is 52.8 Å². The first kappa shape index (κ1) is 73.6. The number of nitrogens with two attached hydrogens (primary N) is 1. The normalized spacial score (nSPS) is 23.7. The lowest BCUT2D eigenvalue weighted by molar-refractivity contribution is -0.158. The summed E-state index contributed by atoms with van der Waals surface area (Å²) in [5.41, 5.74) is 3.55. The number of epoxide rings is 1. The standard InChI is InChI=1S/C61H85BrClN9O17S/c1-33(2)51(69-48(73)21-14-13-15-24-65-53(75)35(4)32-62)55(77)68-41(19-17-25-66-58(64)80)54(76)67-40-23-22-39(29-45(40)90(12,83)84)56(78)71(8)37(6)57(79)88-47-30-49(74)72(9)42-27-38(28-43(85-10)50(42)63)26-34(3)18-16-20-46(86-11)61(82)31-44(87-59(81)70-61)36(5)52-60(47,7)89-52/h16,18,20,22-23,27-29,33,36-37,41,44,46-47,51-52,82H,4,13-15,17,19,21,24-26,30-32H2,1-3,5-12H3,(H,65,75)(H,67,76)(H,68,77)(H,69,73)(H,70,81)(H3,64,66,80)/b20-16+,34-18+/t36-,37+,41+,44+,46-,47+,51+,52+,60+,61+/m1/s1. The number of ether oxygens (including phenoxy) is 5. The lowest BCUT2D eigenvalue weighted by Crippen LogP contribution is -2.63. The number of amides is 9. The van der Waals surface area contributed by atoms with E-state index in [2.05, 4.69) is 54.4 Å². The predicted octanol–water partition coefficient (Wildman–Crippen LogP) is 4.87. The highest BCUT2D eigenvalue weighted by Crippen LogP contribution is 2.49. The maximum absolute atomic E-state index is 14.6. The van der Waals surface area contributed by atoms with Crippen molar-refractivity contribution in [2.45, 2.75) is 158 Å². The van der Waals surface area contributed by atoms with Crippen LogP contribution in [0.1, 0.15) is 109 Å². The molecule has 0 unspecified atom stereocenters. The van der Waals surface area contributed by atoms with Gasteiger partial charge in [0.25, 0.3) is 5.91 Å². The molecule has 0 aromatic heterocycles. The summed E-state index contributed by atoms with van der Waals surface area (Å²) in [7, 11) is 1.30. The number of rotatable bonds is 25. The number of esters is 1. The Morgan fingerprint density at radius 1 is 1.01 bits per heavy atom. The second kappa shape index (κ2) is 32.3. The van der Waals surface area contributed by atoms with Crippen molar-refractivity contribution in [3.05, 3.63) is 82.4 Å². The van der Waals surface area contributed by atoms with Crippen LogP contribution >= 0.6 is 27.5 Å². The molecule has 3 heterocycles. The minimum Gasteiger partial charge on any atom is -0.495 e. The Bertz CT molecular complexity index is 3220. The van der Waals surface area contributed by atoms with Gasteiger partial charge in [0.05, 0.1) is 35.9 Å². The molecule has 9 N–H and O–H groups in total. The molecule has 2 aromatic rings. The number of aliphatic hydroxyl groups is 1. The number of nitrogens with zero attached hydrogens (tertiary/aromatic N) is 2. The maximum Gasteiger partial charge on any atom is 0.409 e. The molecule has 29 heteroatoms. The van der Waals surface area contributed by atoms with Gasteiger partial charge in [-0.2, -0.15) is 0 Å². The summed E-state index contributed by atoms with van der Waals surface area (Å²) in [6.45, 7) is 14.0. The SMILES string of the molecule is C=C(CBr)C(=O)NCCCCCC(=O)N[C@H](C(=O)N[C@@H](CCCNC(N)=O)C(=O)Nc1ccc(C(=O)N(C)[C@@H](C)C(=O)O[C@H]2CC(=O)N(C)c3cc(cc(OC)c3Cl)C/C(C)=C/C=C/[C@@H](OC)[C@@]3(O)C[C@H](OC(=O)N3)[C@@H](C)[C@@H]3O[C@@]23C)cc1S(C)(=O)=O)C(C)C. The molecule has 2 aromatic carbocycles. The Kier molecular flexibility index (Phi) is 26.4. The minimum atomic E-state index is -4.27. The number of carbonyl (C=O) groups is 9. The summed E-state index contributed by atoms with van der Waals surface area (Å²) in [6.07, 6.45) is 2.13. The fourth-order valence-corrected chi connectivity index (χ4v) is 11.9. The summed E-state index contributed by atoms with van der Waals surface area (Å²) >= 11 is 10.0. The number of sulfone groups is 1. The first-order valence-corrected chi connectivity index (χ1v) is 32.7. The number of urea groups is 1. The average Bonchev–Trinajstić information content (AvgIpc) is 1.57. The monoisotopic (exact) mass is 1360 g/mol. The van der Waals surface area contributed by atoms with Crippen molar-refractivity contribution in [3.8, 4) is 5.75 Å². The molecule has 10 atom stereocenters. The molecule has 26 nitrogen and oxygen atoms in total. The fourth-order valence-electron chi connectivity index (χ4n) is 10.5. The molecule has 2 fully saturated rings. The van der Waals surface area contributed by atoms with Gasteiger partial charge in [0.15, 0.2) is 15.6 Å². The van der Waals surface area contributed by atoms with Crippen LogP contribution < -0.4 is 47.3 Å². The first-order valence-electron chi connectivity index (χ1n) is 29.4. The Morgan fingerprint density at radius 3 is 2.33 bits per heavy atom. The third kappa shape index (κ3) is 19.5. The maximum atomic E-state index is 14.6. The van der Waals surface area contributed by atoms with Crippen LogP contribution in [0.25, 0.3) is 0 Å². The lowest BCUT2D eigenvalue weighted by Gasteiger charge is -2.42. The molecule has 5 rings (SSSR count). The van der Waals surface area contributed by atoms with Gasteiger partial charge in [0.2, 0.25) is 29.5 Å². The van der Waals surface area contributed by atoms with E-state index in [1.807, 2.05) is 6.92 Å². The topological polar surface area (TPSA) is 362 Å². The van der Waals surface area contributed by atoms with Crippen LogP contribution in [-0.4, -0.2) is 179 Å². The molecule has 496 valence electrons. The number of likely N-dealkylation sites (N-methyl/N-ethyl adjacent to an activating group) is 1. The zero-order valence-corrected chi connectivity index (χ0v) is 55.8. The number of benzene rings is 2. The van der Waals surface area contributed by atoms with Gasteiger partial charge in [-0.15, -0.1) is 0 Å². The first-order chi connectivity index (χ1) is 42.2. The largest absolute Gasteiger partial charge is 0.495 e. The summed E-state index contributed by atoms with van der Waals surface area (Å²) in [6, 6.07) is 2.09. The number of fused-ring (bicyclic) bond motifs is 5. The zero-order chi connectivity index (χ0) is 67.2. The van der Waals surface area contributed by atoms with Crippen molar-refractivity contribution in [1.29, 1.82) is 0 Å². The quantitative estimate of drug-likeness (QED) is 0.0216. The smallest absolute Gasteiger partial charge is 0.409 e. The summed E-state index contributed by atoms with van der Waals surface area (Å²) < 4.78 is 56.5. The lowest BCUT2D eigenvalue weighted by atomic mass is 9.83. The van der Waals surface area contributed by atoms with Crippen molar-refractivity contribution in [3.63, 3.8) is 0 Å². The molecule has 9 amide bonds. The van der Waals surface area contributed by atoms with Gasteiger partial charge >= 0.3 is 18.1 Å². The average molecular weight is 1360 g/mol. The molecule has 3 aliphatic heterocycles. The number of hydrogen-bond donors (Lipinski definition) is 8. The molecular formula is C61H85BrClN9O17S. The van der Waals surface area contributed by atoms with Crippen molar-refractivity contribution < 1.29 is 80.4 Å². The Hall–Kier alpha value is -7.11. The number of anilines is 2. The zero-order valence-electron chi connectivity index (χ0n) is 52.6. The second-order valence-electron chi connectivity index (χ2n) is 23.4. The number of halogens is 2. The molecule has 0 radical (unpaired) electrons. The molecular weight excluding hydrogens is 1280 g/mol. The van der Waals surface area contributed by atoms with Gasteiger partial charge in [0, 0.05) is 75.8 Å². The summed E-state index contributed by atoms with van der Waals surface area (Å²) in [5.74, 6) is -5.67. The van der Waals surface area contributed by atoms with Gasteiger partial charge in [-0.05, 0) is 94.7 Å². The van der Waals surface area contributed by atoms with Crippen molar-refractivity contribution in [2.24, 2.45) is 17.6 Å². The van der Waals surface area contributed by atoms with Crippen LogP contribution in [0.2, 0.25) is 5.02 Å². The van der Waals surface area contributed by atoms with Gasteiger partial charge in [-0.25, -0.2) is 22.8 Å². The van der Waals surface area contributed by atoms with E-state index in [1.54, 1.807) is 58.1 Å². The number of nitrogens with one attached hydrogen (secondary N) is 6. The summed E-state index contributed by atoms with van der Waals surface area (Å²) in [5, 5.41) is 28.0. The van der Waals surface area contributed by atoms with Crippen LogP contribution in [0.5, 0.6) is 5.75 Å². The van der Waals surface area contributed by atoms with Crippen molar-refractivity contribution in [1.82, 2.24) is 31.5 Å². The third-order valence-electron chi connectivity index (χ3n) is 16.1. The number of unbranched alkanes of at least 4 members (excludes halogenated alkanes) is 2. The molecule has 3 aliphatic rings. The van der Waals surface area contributed by atoms with E-state index < -0.39 is 134 Å². The van der Waals surface area contributed by atoms with E-state index in [-0.39, 0.29) is 65.8 Å². The van der Waals surface area contributed by atoms with Crippen LogP contribution in [-0.2, 0) is 64.0 Å². The molecule has 0 aliphatic carbocycles. The Morgan fingerprint density at radius 2 is 1.70 bits per heavy atom. The number of alkyl carbamates (subject to hydrolysis) is 1. The number of alkyl halides is 1. The number of allylic oxidation sites excluding steroid dienone is 3. The van der Waals surface area contributed by atoms with Gasteiger partial charge < -0.3 is 70.9 Å². The third-order valence-corrected chi connectivity index (χ3v) is 18.2. The second-order valence-corrected chi connectivity index (χ2v) is 26.3. The van der Waals surface area contributed by atoms with Crippen molar-refractivity contribution >= 4 is 102 Å². The van der Waals surface area contributed by atoms with Crippen LogP contribution in [0.3, 0.4) is 0 Å². The Balaban J connectivity index is 1.38. The minimum absolute atomic E-state index is 0.00212. The Labute approximate surface area is 538 Å². The van der Waals surface area contributed by atoms with Crippen LogP contribution in [0, 0.1) is 11.8 Å². The molecule has 4 bridgehead atoms.